The molecule has 0 saturated heterocycles. The van der Waals surface area contributed by atoms with Crippen molar-refractivity contribution in [3.05, 3.63) is 64.5 Å². The first-order chi connectivity index (χ1) is 11.2. The van der Waals surface area contributed by atoms with E-state index in [0.29, 0.717) is 18.1 Å². The number of nitrogens with one attached hydrogen (secondary N) is 1. The van der Waals surface area contributed by atoms with Gasteiger partial charge in [0.05, 0.1) is 0 Å². The van der Waals surface area contributed by atoms with Crippen LogP contribution in [-0.4, -0.2) is 16.1 Å². The fraction of sp³-hybridized carbons (Fsp3) is 0.333. The van der Waals surface area contributed by atoms with Crippen molar-refractivity contribution in [3.8, 4) is 5.69 Å². The lowest BCUT2D eigenvalue weighted by Gasteiger charge is -2.13. The largest absolute Gasteiger partial charge is 0.365 e. The van der Waals surface area contributed by atoms with Crippen LogP contribution in [0.3, 0.4) is 0 Å². The summed E-state index contributed by atoms with van der Waals surface area (Å²) in [7, 11) is 0. The van der Waals surface area contributed by atoms with Crippen molar-refractivity contribution < 1.29 is 4.39 Å². The van der Waals surface area contributed by atoms with Gasteiger partial charge in [-0.25, -0.2) is 9.37 Å². The van der Waals surface area contributed by atoms with Crippen LogP contribution in [0.1, 0.15) is 32.1 Å². The van der Waals surface area contributed by atoms with Crippen LogP contribution < -0.4 is 10.9 Å². The van der Waals surface area contributed by atoms with E-state index >= 15 is 0 Å². The first kappa shape index (κ1) is 15.5. The second kappa shape index (κ2) is 7.22. The summed E-state index contributed by atoms with van der Waals surface area (Å²) in [6, 6.07) is 5.83. The van der Waals surface area contributed by atoms with E-state index in [4.69, 9.17) is 0 Å². The number of nitrogens with zero attached hydrogens (tertiary/aromatic N) is 2. The van der Waals surface area contributed by atoms with Gasteiger partial charge < -0.3 is 5.32 Å². The summed E-state index contributed by atoms with van der Waals surface area (Å²) in [4.78, 5) is 16.6. The molecule has 0 saturated carbocycles. The predicted octanol–water partition coefficient (Wildman–Crippen LogP) is 3.67. The molecule has 0 unspecified atom stereocenters. The normalized spacial score (nSPS) is 14.4. The van der Waals surface area contributed by atoms with E-state index in [2.05, 4.69) is 16.4 Å². The van der Waals surface area contributed by atoms with Crippen LogP contribution in [0.25, 0.3) is 5.69 Å². The summed E-state index contributed by atoms with van der Waals surface area (Å²) < 4.78 is 14.5. The minimum atomic E-state index is -0.324. The topological polar surface area (TPSA) is 46.9 Å². The first-order valence-corrected chi connectivity index (χ1v) is 7.99. The third kappa shape index (κ3) is 3.86. The minimum absolute atomic E-state index is 0.225. The van der Waals surface area contributed by atoms with Crippen LogP contribution in [0.4, 0.5) is 10.2 Å². The number of benzene rings is 1. The van der Waals surface area contributed by atoms with Crippen molar-refractivity contribution in [2.45, 2.75) is 32.1 Å². The third-order valence-corrected chi connectivity index (χ3v) is 4.07. The van der Waals surface area contributed by atoms with Crippen LogP contribution in [0, 0.1) is 5.82 Å². The maximum atomic E-state index is 13.0. The van der Waals surface area contributed by atoms with Crippen LogP contribution in [0.15, 0.2) is 53.1 Å². The van der Waals surface area contributed by atoms with Crippen molar-refractivity contribution >= 4 is 5.82 Å². The number of halogens is 1. The van der Waals surface area contributed by atoms with Gasteiger partial charge in [0.15, 0.2) is 5.82 Å². The molecule has 23 heavy (non-hydrogen) atoms. The molecule has 0 radical (unpaired) electrons. The second-order valence-electron chi connectivity index (χ2n) is 5.71. The van der Waals surface area contributed by atoms with Crippen molar-refractivity contribution in [3.63, 3.8) is 0 Å². The summed E-state index contributed by atoms with van der Waals surface area (Å²) in [6.07, 6.45) is 11.3. The summed E-state index contributed by atoms with van der Waals surface area (Å²) in [5, 5.41) is 3.12. The third-order valence-electron chi connectivity index (χ3n) is 4.07. The number of hydrogen-bond acceptors (Lipinski definition) is 3. The Labute approximate surface area is 134 Å². The maximum absolute atomic E-state index is 13.0. The van der Waals surface area contributed by atoms with Crippen LogP contribution in [-0.2, 0) is 0 Å². The molecule has 2 aromatic rings. The molecule has 3 rings (SSSR count). The number of hydrogen-bond donors (Lipinski definition) is 1. The van der Waals surface area contributed by atoms with Gasteiger partial charge in [-0.05, 0) is 56.4 Å². The Balaban J connectivity index is 1.71. The molecule has 0 spiro atoms. The van der Waals surface area contributed by atoms with E-state index in [1.54, 1.807) is 24.5 Å². The van der Waals surface area contributed by atoms with E-state index in [-0.39, 0.29) is 11.4 Å². The molecule has 1 aromatic carbocycles. The number of aromatic nitrogens is 2. The zero-order valence-corrected chi connectivity index (χ0v) is 13.0. The van der Waals surface area contributed by atoms with E-state index in [1.165, 1.54) is 35.1 Å². The zero-order chi connectivity index (χ0) is 16.1. The summed E-state index contributed by atoms with van der Waals surface area (Å²) in [6.45, 7) is 0.696. The van der Waals surface area contributed by atoms with Gasteiger partial charge in [-0.1, -0.05) is 11.6 Å². The van der Waals surface area contributed by atoms with Crippen molar-refractivity contribution in [1.29, 1.82) is 0 Å². The molecule has 0 bridgehead atoms. The molecule has 0 aliphatic heterocycles. The Morgan fingerprint density at radius 1 is 1.22 bits per heavy atom. The van der Waals surface area contributed by atoms with Gasteiger partial charge in [-0.15, -0.1) is 0 Å². The average Bonchev–Trinajstić information content (AvgIpc) is 2.58. The molecule has 4 nitrogen and oxygen atoms in total. The van der Waals surface area contributed by atoms with Crippen LogP contribution >= 0.6 is 0 Å². The Morgan fingerprint density at radius 3 is 2.78 bits per heavy atom. The van der Waals surface area contributed by atoms with E-state index < -0.39 is 0 Å². The number of allylic oxidation sites excluding steroid dienone is 1. The monoisotopic (exact) mass is 313 g/mol. The lowest BCUT2D eigenvalue weighted by atomic mass is 9.97. The second-order valence-corrected chi connectivity index (χ2v) is 5.71. The predicted molar refractivity (Wildman–Crippen MR) is 89.4 cm³/mol. The fourth-order valence-electron chi connectivity index (χ4n) is 2.81. The summed E-state index contributed by atoms with van der Waals surface area (Å²) in [5.41, 5.74) is 1.85. The molecule has 1 aliphatic rings. The molecule has 1 heterocycles. The molecular weight excluding hydrogens is 293 g/mol. The van der Waals surface area contributed by atoms with Crippen LogP contribution in [0.2, 0.25) is 0 Å². The molecule has 120 valence electrons. The lowest BCUT2D eigenvalue weighted by Crippen LogP contribution is -2.23. The Morgan fingerprint density at radius 2 is 2.04 bits per heavy atom. The smallest absolute Gasteiger partial charge is 0.297 e. The SMILES string of the molecule is O=c1c(NCCC2=CCCCC2)nccn1-c1ccc(F)cc1. The summed E-state index contributed by atoms with van der Waals surface area (Å²) >= 11 is 0. The first-order valence-electron chi connectivity index (χ1n) is 7.99. The highest BCUT2D eigenvalue weighted by Crippen LogP contribution is 2.19. The molecule has 5 heteroatoms. The molecule has 1 aliphatic carbocycles. The van der Waals surface area contributed by atoms with E-state index in [0.717, 1.165) is 19.3 Å². The molecule has 0 fully saturated rings. The molecule has 0 atom stereocenters. The van der Waals surface area contributed by atoms with Gasteiger partial charge in [0.25, 0.3) is 5.56 Å². The van der Waals surface area contributed by atoms with Gasteiger partial charge in [-0.3, -0.25) is 9.36 Å². The van der Waals surface area contributed by atoms with Gasteiger partial charge in [0, 0.05) is 24.6 Å². The van der Waals surface area contributed by atoms with Crippen molar-refractivity contribution in [1.82, 2.24) is 9.55 Å². The van der Waals surface area contributed by atoms with Crippen LogP contribution in [0.5, 0.6) is 0 Å². The Hall–Kier alpha value is -2.43. The highest BCUT2D eigenvalue weighted by molar-refractivity contribution is 5.38. The quantitative estimate of drug-likeness (QED) is 0.857. The summed E-state index contributed by atoms with van der Waals surface area (Å²) in [5.74, 6) is 0.00296. The van der Waals surface area contributed by atoms with Gasteiger partial charge in [0.1, 0.15) is 5.82 Å². The molecule has 0 amide bonds. The Bertz CT molecular complexity index is 750. The van der Waals surface area contributed by atoms with Crippen molar-refractivity contribution in [2.24, 2.45) is 0 Å². The standard InChI is InChI=1S/C18H20FN3O/c19-15-6-8-16(9-7-15)22-13-12-21-17(18(22)23)20-11-10-14-4-2-1-3-5-14/h4,6-9,12-13H,1-3,5,10-11H2,(H,20,21). The number of anilines is 1. The highest BCUT2D eigenvalue weighted by atomic mass is 19.1. The van der Waals surface area contributed by atoms with Gasteiger partial charge in [0.2, 0.25) is 0 Å². The molecular formula is C18H20FN3O. The fourth-order valence-corrected chi connectivity index (χ4v) is 2.81. The Kier molecular flexibility index (Phi) is 4.86. The maximum Gasteiger partial charge on any atom is 0.297 e. The zero-order valence-electron chi connectivity index (χ0n) is 13.0. The van der Waals surface area contributed by atoms with Gasteiger partial charge in [-0.2, -0.15) is 0 Å². The van der Waals surface area contributed by atoms with E-state index in [1.807, 2.05) is 0 Å². The lowest BCUT2D eigenvalue weighted by molar-refractivity contribution is 0.627. The van der Waals surface area contributed by atoms with Gasteiger partial charge >= 0.3 is 0 Å². The number of rotatable bonds is 5. The van der Waals surface area contributed by atoms with Crippen molar-refractivity contribution in [2.75, 3.05) is 11.9 Å². The molecule has 1 aromatic heterocycles. The average molecular weight is 313 g/mol. The molecule has 1 N–H and O–H groups in total. The minimum Gasteiger partial charge on any atom is -0.365 e. The van der Waals surface area contributed by atoms with E-state index in [9.17, 15) is 9.18 Å². The highest BCUT2D eigenvalue weighted by Gasteiger charge is 2.08.